The van der Waals surface area contributed by atoms with E-state index in [0.29, 0.717) is 36.6 Å². The third-order valence-electron chi connectivity index (χ3n) is 6.20. The Morgan fingerprint density at radius 1 is 1.18 bits per heavy atom. The summed E-state index contributed by atoms with van der Waals surface area (Å²) in [6.45, 7) is 5.75. The molecule has 0 bridgehead atoms. The van der Waals surface area contributed by atoms with E-state index in [4.69, 9.17) is 12.2 Å². The lowest BCUT2D eigenvalue weighted by Gasteiger charge is -2.31. The molecular weight excluding hydrogens is 434 g/mol. The molecule has 2 aromatic rings. The maximum Gasteiger partial charge on any atom is 0.255 e. The maximum atomic E-state index is 13.1. The van der Waals surface area contributed by atoms with Crippen molar-refractivity contribution in [2.75, 3.05) is 19.8 Å². The van der Waals surface area contributed by atoms with Gasteiger partial charge in [0.2, 0.25) is 11.8 Å². The first-order valence-corrected chi connectivity index (χ1v) is 11.2. The number of hydrogen-bond donors (Lipinski definition) is 1. The first-order valence-electron chi connectivity index (χ1n) is 12.3. The van der Waals surface area contributed by atoms with Crippen molar-refractivity contribution in [2.45, 2.75) is 38.5 Å². The molecule has 5 rings (SSSR count). The molecule has 2 saturated heterocycles. The van der Waals surface area contributed by atoms with Gasteiger partial charge in [0.1, 0.15) is 25.0 Å². The van der Waals surface area contributed by atoms with Crippen LogP contribution in [0.5, 0.6) is 5.75 Å². The maximum absolute atomic E-state index is 13.1. The van der Waals surface area contributed by atoms with Crippen molar-refractivity contribution in [3.63, 3.8) is 0 Å². The summed E-state index contributed by atoms with van der Waals surface area (Å²) in [6, 6.07) is 11.0. The smallest absolute Gasteiger partial charge is 0.255 e. The van der Waals surface area contributed by atoms with Crippen LogP contribution >= 0.6 is 0 Å². The van der Waals surface area contributed by atoms with E-state index in [0.717, 1.165) is 11.1 Å². The monoisotopic (exact) mass is 463 g/mol. The lowest BCUT2D eigenvalue weighted by Crippen LogP contribution is -2.49. The van der Waals surface area contributed by atoms with Crippen molar-refractivity contribution < 1.29 is 26.6 Å². The number of nitrogens with zero attached hydrogens (tertiary/aromatic N) is 2. The summed E-state index contributed by atoms with van der Waals surface area (Å²) in [6.07, 6.45) is -1.01. The molecule has 2 atom stereocenters. The number of benzene rings is 2. The Kier molecular flexibility index (Phi) is 5.42. The van der Waals surface area contributed by atoms with E-state index in [2.05, 4.69) is 11.9 Å². The highest BCUT2D eigenvalue weighted by Gasteiger charge is 2.39. The number of rotatable bonds is 6. The summed E-state index contributed by atoms with van der Waals surface area (Å²) in [5, 5.41) is 2.48. The van der Waals surface area contributed by atoms with Gasteiger partial charge in [0.05, 0.1) is 14.5 Å². The van der Waals surface area contributed by atoms with Gasteiger partial charge in [-0.25, -0.2) is 0 Å². The average Bonchev–Trinajstić information content (AvgIpc) is 3.21. The molecule has 0 radical (unpaired) electrons. The van der Waals surface area contributed by atoms with Gasteiger partial charge in [-0.05, 0) is 36.1 Å². The van der Waals surface area contributed by atoms with Crippen LogP contribution in [0.3, 0.4) is 0 Å². The Bertz CT molecular complexity index is 1230. The molecule has 8 heteroatoms. The lowest BCUT2D eigenvalue weighted by atomic mass is 10.0. The fourth-order valence-corrected chi connectivity index (χ4v) is 4.31. The van der Waals surface area contributed by atoms with Crippen LogP contribution in [0.1, 0.15) is 42.6 Å². The van der Waals surface area contributed by atoms with E-state index in [-0.39, 0.29) is 37.8 Å². The highest BCUT2D eigenvalue weighted by Crippen LogP contribution is 2.34. The highest BCUT2D eigenvalue weighted by molar-refractivity contribution is 6.02. The Morgan fingerprint density at radius 3 is 2.76 bits per heavy atom. The second-order valence-corrected chi connectivity index (χ2v) is 8.48. The summed E-state index contributed by atoms with van der Waals surface area (Å²) < 4.78 is 28.1. The fourth-order valence-electron chi connectivity index (χ4n) is 4.31. The predicted octanol–water partition coefficient (Wildman–Crippen LogP) is 2.37. The minimum atomic E-state index is -1.89. The number of carbonyl (C=O) groups is 3. The van der Waals surface area contributed by atoms with Crippen LogP contribution in [-0.2, 0) is 34.0 Å². The lowest BCUT2D eigenvalue weighted by molar-refractivity contribution is -0.143. The van der Waals surface area contributed by atoms with Crippen LogP contribution in [0.15, 0.2) is 54.7 Å². The number of ether oxygens (including phenoxy) is 2. The molecule has 3 heterocycles. The summed E-state index contributed by atoms with van der Waals surface area (Å²) >= 11 is 0. The topological polar surface area (TPSA) is 88.2 Å². The number of allylic oxidation sites excluding steroid dienone is 1. The predicted molar refractivity (Wildman–Crippen MR) is 124 cm³/mol. The Hall–Kier alpha value is -3.65. The van der Waals surface area contributed by atoms with E-state index in [1.54, 1.807) is 23.1 Å². The summed E-state index contributed by atoms with van der Waals surface area (Å²) in [4.78, 5) is 40.7. The molecule has 3 amide bonds. The number of piperidine rings is 1. The van der Waals surface area contributed by atoms with Gasteiger partial charge in [0.25, 0.3) is 5.91 Å². The molecule has 2 fully saturated rings. The number of amides is 3. The number of nitrogens with one attached hydrogen (secondary N) is 1. The average molecular weight is 464 g/mol. The SMILES string of the molecule is [2H]C1CC([2H])(N2Cc3c(OCc4ccc(CN5CCOCC5=O)cc4)cccc3C2=O)C(=O)NC1=C. The van der Waals surface area contributed by atoms with Crippen LogP contribution in [-0.4, -0.2) is 53.3 Å². The number of fused-ring (bicyclic) bond motifs is 1. The van der Waals surface area contributed by atoms with E-state index >= 15 is 0 Å². The van der Waals surface area contributed by atoms with Gasteiger partial charge < -0.3 is 24.6 Å². The van der Waals surface area contributed by atoms with E-state index < -0.39 is 24.2 Å². The number of hydrogen-bond acceptors (Lipinski definition) is 5. The zero-order valence-corrected chi connectivity index (χ0v) is 18.7. The zero-order chi connectivity index (χ0) is 25.4. The Labute approximate surface area is 200 Å². The minimum Gasteiger partial charge on any atom is -0.489 e. The molecule has 0 saturated carbocycles. The van der Waals surface area contributed by atoms with Crippen molar-refractivity contribution in [2.24, 2.45) is 0 Å². The normalized spacial score (nSPS) is 25.6. The molecule has 3 aliphatic rings. The van der Waals surface area contributed by atoms with Crippen LogP contribution in [0, 0.1) is 0 Å². The van der Waals surface area contributed by atoms with Gasteiger partial charge in [-0.1, -0.05) is 36.9 Å². The Balaban J connectivity index is 1.27. The van der Waals surface area contributed by atoms with Gasteiger partial charge in [-0.2, -0.15) is 0 Å². The quantitative estimate of drug-likeness (QED) is 0.711. The van der Waals surface area contributed by atoms with Crippen LogP contribution < -0.4 is 10.1 Å². The molecule has 34 heavy (non-hydrogen) atoms. The third kappa shape index (κ3) is 4.41. The van der Waals surface area contributed by atoms with Crippen molar-refractivity contribution >= 4 is 17.7 Å². The van der Waals surface area contributed by atoms with Crippen LogP contribution in [0.4, 0.5) is 0 Å². The first kappa shape index (κ1) is 19.8. The van der Waals surface area contributed by atoms with Gasteiger partial charge >= 0.3 is 0 Å². The largest absolute Gasteiger partial charge is 0.489 e. The molecule has 176 valence electrons. The van der Waals surface area contributed by atoms with E-state index in [9.17, 15) is 14.4 Å². The van der Waals surface area contributed by atoms with Crippen molar-refractivity contribution in [3.05, 3.63) is 77.0 Å². The molecule has 2 unspecified atom stereocenters. The van der Waals surface area contributed by atoms with Crippen molar-refractivity contribution in [1.29, 1.82) is 0 Å². The highest BCUT2D eigenvalue weighted by atomic mass is 16.5. The van der Waals surface area contributed by atoms with Crippen LogP contribution in [0.2, 0.25) is 0 Å². The van der Waals surface area contributed by atoms with Gasteiger partial charge in [-0.15, -0.1) is 0 Å². The second-order valence-electron chi connectivity index (χ2n) is 8.48. The van der Waals surface area contributed by atoms with E-state index in [1.165, 1.54) is 4.90 Å². The summed E-state index contributed by atoms with van der Waals surface area (Å²) in [5.41, 5.74) is 3.18. The molecule has 0 spiro atoms. The number of morpholine rings is 1. The Morgan fingerprint density at radius 2 is 1.97 bits per heavy atom. The van der Waals surface area contributed by atoms with Crippen molar-refractivity contribution in [1.82, 2.24) is 15.1 Å². The molecule has 2 aromatic carbocycles. The van der Waals surface area contributed by atoms with E-state index in [1.807, 2.05) is 24.3 Å². The van der Waals surface area contributed by atoms with Crippen LogP contribution in [0.25, 0.3) is 0 Å². The first-order chi connectivity index (χ1) is 17.3. The summed E-state index contributed by atoms with van der Waals surface area (Å²) in [5.74, 6) is -0.586. The third-order valence-corrected chi connectivity index (χ3v) is 6.20. The second kappa shape index (κ2) is 9.30. The standard InChI is InChI=1S/C26H27N3O5/c1-17-5-10-22(25(31)27-17)29-14-21-20(26(29)32)3-2-4-23(21)34-15-19-8-6-18(7-9-19)13-28-11-12-33-16-24(28)30/h2-4,6-9,22H,1,5,10-16H2,(H,27,31)/i5D,22D. The fraction of sp³-hybridized carbons (Fsp3) is 0.346. The minimum absolute atomic E-state index is 0.0152. The zero-order valence-electron chi connectivity index (χ0n) is 20.7. The molecule has 3 aliphatic heterocycles. The van der Waals surface area contributed by atoms with Gasteiger partial charge in [-0.3, -0.25) is 14.4 Å². The van der Waals surface area contributed by atoms with Gasteiger partial charge in [0, 0.05) is 31.3 Å². The molecule has 8 nitrogen and oxygen atoms in total. The molecule has 0 aromatic heterocycles. The number of carbonyl (C=O) groups excluding carboxylic acids is 3. The molecule has 1 N–H and O–H groups in total. The van der Waals surface area contributed by atoms with Crippen molar-refractivity contribution in [3.8, 4) is 5.75 Å². The molecule has 0 aliphatic carbocycles. The van der Waals surface area contributed by atoms with Gasteiger partial charge in [0.15, 0.2) is 0 Å². The summed E-state index contributed by atoms with van der Waals surface area (Å²) in [7, 11) is 0. The molecular formula is C26H27N3O5.